The largest absolute Gasteiger partial charge is 0.493 e. The van der Waals surface area contributed by atoms with Gasteiger partial charge in [-0.15, -0.1) is 0 Å². The van der Waals surface area contributed by atoms with Crippen LogP contribution in [0.25, 0.3) is 0 Å². The van der Waals surface area contributed by atoms with Gasteiger partial charge >= 0.3 is 0 Å². The van der Waals surface area contributed by atoms with Crippen LogP contribution in [0.5, 0.6) is 11.5 Å². The predicted octanol–water partition coefficient (Wildman–Crippen LogP) is 3.17. The van der Waals surface area contributed by atoms with Gasteiger partial charge in [-0.1, -0.05) is 17.7 Å². The van der Waals surface area contributed by atoms with Crippen LogP contribution in [0.3, 0.4) is 0 Å². The number of amides is 1. The maximum Gasteiger partial charge on any atom is 0.246 e. The number of sulfonamides is 1. The number of halogens is 1. The van der Waals surface area contributed by atoms with Crippen molar-refractivity contribution in [1.29, 1.82) is 0 Å². The van der Waals surface area contributed by atoms with Crippen LogP contribution < -0.4 is 13.8 Å². The van der Waals surface area contributed by atoms with Gasteiger partial charge in [0.05, 0.1) is 26.2 Å². The van der Waals surface area contributed by atoms with Crippen molar-refractivity contribution in [2.75, 3.05) is 31.8 Å². The Morgan fingerprint density at radius 1 is 1.07 bits per heavy atom. The fourth-order valence-corrected chi connectivity index (χ4v) is 4.34. The molecule has 0 saturated carbocycles. The van der Waals surface area contributed by atoms with Gasteiger partial charge in [0.25, 0.3) is 0 Å². The summed E-state index contributed by atoms with van der Waals surface area (Å²) in [4.78, 5) is 14.5. The first-order valence-corrected chi connectivity index (χ1v) is 11.0. The molecule has 2 aromatic rings. The molecule has 158 valence electrons. The van der Waals surface area contributed by atoms with Gasteiger partial charge in [0, 0.05) is 18.6 Å². The number of hydrogen-bond acceptors (Lipinski definition) is 5. The summed E-state index contributed by atoms with van der Waals surface area (Å²) in [6.45, 7) is 1.84. The molecule has 0 N–H and O–H groups in total. The zero-order chi connectivity index (χ0) is 21.8. The minimum atomic E-state index is -3.69. The molecule has 0 aliphatic carbocycles. The average Bonchev–Trinajstić information content (AvgIpc) is 2.67. The number of benzene rings is 2. The van der Waals surface area contributed by atoms with Crippen LogP contribution >= 0.6 is 11.6 Å². The van der Waals surface area contributed by atoms with E-state index >= 15 is 0 Å². The maximum atomic E-state index is 13.0. The fraction of sp³-hybridized carbons (Fsp3) is 0.350. The Labute approximate surface area is 176 Å². The Hall–Kier alpha value is -2.45. The summed E-state index contributed by atoms with van der Waals surface area (Å²) in [7, 11) is 1.01. The third-order valence-electron chi connectivity index (χ3n) is 4.39. The molecule has 2 rings (SSSR count). The number of hydrogen-bond donors (Lipinski definition) is 0. The van der Waals surface area contributed by atoms with Gasteiger partial charge in [0.15, 0.2) is 11.5 Å². The predicted molar refractivity (Wildman–Crippen MR) is 114 cm³/mol. The Bertz CT molecular complexity index is 963. The summed E-state index contributed by atoms with van der Waals surface area (Å²) >= 11 is 5.90. The van der Waals surface area contributed by atoms with Gasteiger partial charge in [0.1, 0.15) is 6.04 Å². The number of carbonyl (C=O) groups is 1. The van der Waals surface area contributed by atoms with Crippen LogP contribution in [0.2, 0.25) is 5.02 Å². The average molecular weight is 441 g/mol. The molecule has 7 nitrogen and oxygen atoms in total. The van der Waals surface area contributed by atoms with Crippen molar-refractivity contribution in [2.24, 2.45) is 0 Å². The minimum absolute atomic E-state index is 0.280. The standard InChI is InChI=1S/C20H25ClN2O5S/c1-14(23(29(5,25)26)17-9-7-16(21)8-10-17)20(24)22(2)13-15-6-11-18(27-3)19(12-15)28-4/h6-12,14H,13H2,1-5H3/t14-/m0/s1. The van der Waals surface area contributed by atoms with E-state index in [1.807, 2.05) is 6.07 Å². The molecule has 2 aromatic carbocycles. The Morgan fingerprint density at radius 3 is 2.17 bits per heavy atom. The third-order valence-corrected chi connectivity index (χ3v) is 5.89. The van der Waals surface area contributed by atoms with E-state index in [4.69, 9.17) is 21.1 Å². The molecular formula is C20H25ClN2O5S. The lowest BCUT2D eigenvalue weighted by molar-refractivity contribution is -0.131. The molecule has 0 bridgehead atoms. The second-order valence-corrected chi connectivity index (χ2v) is 8.89. The highest BCUT2D eigenvalue weighted by atomic mass is 35.5. The zero-order valence-corrected chi connectivity index (χ0v) is 18.6. The lowest BCUT2D eigenvalue weighted by atomic mass is 10.1. The van der Waals surface area contributed by atoms with Gasteiger partial charge in [-0.25, -0.2) is 8.42 Å². The van der Waals surface area contributed by atoms with Gasteiger partial charge < -0.3 is 14.4 Å². The Morgan fingerprint density at radius 2 is 1.66 bits per heavy atom. The summed E-state index contributed by atoms with van der Waals surface area (Å²) in [5.41, 5.74) is 1.19. The van der Waals surface area contributed by atoms with E-state index in [1.54, 1.807) is 57.5 Å². The second kappa shape index (κ2) is 9.37. The summed E-state index contributed by atoms with van der Waals surface area (Å²) in [5.74, 6) is 0.794. The van der Waals surface area contributed by atoms with Crippen molar-refractivity contribution in [3.63, 3.8) is 0 Å². The molecule has 0 fully saturated rings. The lowest BCUT2D eigenvalue weighted by Crippen LogP contribution is -2.48. The van der Waals surface area contributed by atoms with E-state index < -0.39 is 16.1 Å². The normalized spacial score (nSPS) is 12.2. The molecular weight excluding hydrogens is 416 g/mol. The molecule has 1 amide bonds. The molecule has 0 aliphatic heterocycles. The quantitative estimate of drug-likeness (QED) is 0.630. The van der Waals surface area contributed by atoms with Crippen molar-refractivity contribution in [2.45, 2.75) is 19.5 Å². The van der Waals surface area contributed by atoms with Crippen LogP contribution in [0, 0.1) is 0 Å². The first-order chi connectivity index (χ1) is 13.6. The first-order valence-electron chi connectivity index (χ1n) is 8.79. The van der Waals surface area contributed by atoms with Crippen LogP contribution in [0.15, 0.2) is 42.5 Å². The first kappa shape index (κ1) is 22.8. The van der Waals surface area contributed by atoms with Crippen LogP contribution in [0.1, 0.15) is 12.5 Å². The minimum Gasteiger partial charge on any atom is -0.493 e. The molecule has 0 spiro atoms. The van der Waals surface area contributed by atoms with E-state index in [9.17, 15) is 13.2 Å². The Kier molecular flexibility index (Phi) is 7.37. The highest BCUT2D eigenvalue weighted by Crippen LogP contribution is 2.28. The van der Waals surface area contributed by atoms with Crippen LogP contribution in [-0.4, -0.2) is 52.8 Å². The topological polar surface area (TPSA) is 76.2 Å². The number of ether oxygens (including phenoxy) is 2. The molecule has 0 radical (unpaired) electrons. The molecule has 29 heavy (non-hydrogen) atoms. The summed E-state index contributed by atoms with van der Waals surface area (Å²) < 4.78 is 36.4. The van der Waals surface area contributed by atoms with Crippen molar-refractivity contribution in [1.82, 2.24) is 4.90 Å². The number of rotatable bonds is 8. The smallest absolute Gasteiger partial charge is 0.246 e. The van der Waals surface area contributed by atoms with E-state index in [0.29, 0.717) is 22.2 Å². The van der Waals surface area contributed by atoms with E-state index in [-0.39, 0.29) is 12.5 Å². The van der Waals surface area contributed by atoms with Crippen LogP contribution in [-0.2, 0) is 21.4 Å². The lowest BCUT2D eigenvalue weighted by Gasteiger charge is -2.31. The van der Waals surface area contributed by atoms with Crippen LogP contribution in [0.4, 0.5) is 5.69 Å². The maximum absolute atomic E-state index is 13.0. The van der Waals surface area contributed by atoms with E-state index in [1.165, 1.54) is 12.0 Å². The molecule has 0 saturated heterocycles. The highest BCUT2D eigenvalue weighted by Gasteiger charge is 2.31. The molecule has 0 unspecified atom stereocenters. The van der Waals surface area contributed by atoms with Gasteiger partial charge in [-0.3, -0.25) is 9.10 Å². The van der Waals surface area contributed by atoms with Crippen molar-refractivity contribution in [3.8, 4) is 11.5 Å². The zero-order valence-electron chi connectivity index (χ0n) is 17.0. The number of methoxy groups -OCH3 is 2. The van der Waals surface area contributed by atoms with Crippen molar-refractivity contribution < 1.29 is 22.7 Å². The summed E-state index contributed by atoms with van der Waals surface area (Å²) in [6.07, 6.45) is 1.07. The fourth-order valence-electron chi connectivity index (χ4n) is 3.04. The number of likely N-dealkylation sites (N-methyl/N-ethyl adjacent to an activating group) is 1. The highest BCUT2D eigenvalue weighted by molar-refractivity contribution is 7.92. The molecule has 1 atom stereocenters. The van der Waals surface area contributed by atoms with Crippen molar-refractivity contribution >= 4 is 33.2 Å². The Balaban J connectivity index is 2.25. The molecule has 0 aromatic heterocycles. The number of carbonyl (C=O) groups excluding carboxylic acids is 1. The van der Waals surface area contributed by atoms with Crippen molar-refractivity contribution in [3.05, 3.63) is 53.1 Å². The number of nitrogens with zero attached hydrogens (tertiary/aromatic N) is 2. The summed E-state index contributed by atoms with van der Waals surface area (Å²) in [5, 5.41) is 0.478. The summed E-state index contributed by atoms with van der Waals surface area (Å²) in [6, 6.07) is 10.7. The molecule has 0 aliphatic rings. The monoisotopic (exact) mass is 440 g/mol. The van der Waals surface area contributed by atoms with Gasteiger partial charge in [-0.05, 0) is 48.9 Å². The van der Waals surface area contributed by atoms with E-state index in [0.717, 1.165) is 16.1 Å². The second-order valence-electron chi connectivity index (χ2n) is 6.59. The van der Waals surface area contributed by atoms with Gasteiger partial charge in [0.2, 0.25) is 15.9 Å². The number of anilines is 1. The third kappa shape index (κ3) is 5.55. The molecule has 0 heterocycles. The molecule has 9 heteroatoms. The van der Waals surface area contributed by atoms with Gasteiger partial charge in [-0.2, -0.15) is 0 Å². The SMILES string of the molecule is COc1ccc(CN(C)C(=O)[C@H](C)N(c2ccc(Cl)cc2)S(C)(=O)=O)cc1OC. The van der Waals surface area contributed by atoms with E-state index in [2.05, 4.69) is 0 Å².